The molecule has 5 nitrogen and oxygen atoms in total. The summed E-state index contributed by atoms with van der Waals surface area (Å²) in [5, 5.41) is 2.79. The maximum absolute atomic E-state index is 11.8. The standard InChI is InChI=1S/C16H19N3O2/c1-12-7-9-19(16(21)10-12)8-3-6-15(20)18-14-5-2-4-13(17)11-14/h2,4-5,7,9-11H,3,6,8,17H2,1H3,(H,18,20). The predicted octanol–water partition coefficient (Wildman–Crippen LogP) is 2.16. The summed E-state index contributed by atoms with van der Waals surface area (Å²) in [6, 6.07) is 10.5. The highest BCUT2D eigenvalue weighted by Crippen LogP contribution is 2.12. The van der Waals surface area contributed by atoms with Crippen molar-refractivity contribution in [2.24, 2.45) is 0 Å². The molecule has 1 aromatic heterocycles. The van der Waals surface area contributed by atoms with Gasteiger partial charge in [0.25, 0.3) is 5.56 Å². The van der Waals surface area contributed by atoms with Crippen molar-refractivity contribution in [3.05, 3.63) is 58.5 Å². The first kappa shape index (κ1) is 14.8. The molecule has 5 heteroatoms. The van der Waals surface area contributed by atoms with Crippen molar-refractivity contribution in [1.29, 1.82) is 0 Å². The van der Waals surface area contributed by atoms with Crippen LogP contribution < -0.4 is 16.6 Å². The van der Waals surface area contributed by atoms with Crippen LogP contribution in [0.4, 0.5) is 11.4 Å². The zero-order valence-corrected chi connectivity index (χ0v) is 12.0. The van der Waals surface area contributed by atoms with E-state index in [2.05, 4.69) is 5.32 Å². The molecule has 0 fully saturated rings. The second-order valence-corrected chi connectivity index (χ2v) is 5.01. The van der Waals surface area contributed by atoms with E-state index >= 15 is 0 Å². The number of amides is 1. The van der Waals surface area contributed by atoms with E-state index in [0.717, 1.165) is 5.56 Å². The molecule has 0 aliphatic rings. The van der Waals surface area contributed by atoms with Gasteiger partial charge in [0.1, 0.15) is 0 Å². The predicted molar refractivity (Wildman–Crippen MR) is 84.2 cm³/mol. The van der Waals surface area contributed by atoms with Gasteiger partial charge in [-0.2, -0.15) is 0 Å². The number of anilines is 2. The molecule has 110 valence electrons. The monoisotopic (exact) mass is 285 g/mol. The van der Waals surface area contributed by atoms with Crippen molar-refractivity contribution < 1.29 is 4.79 Å². The van der Waals surface area contributed by atoms with E-state index in [-0.39, 0.29) is 11.5 Å². The smallest absolute Gasteiger partial charge is 0.250 e. The Morgan fingerprint density at radius 3 is 2.81 bits per heavy atom. The number of rotatable bonds is 5. The number of carbonyl (C=O) groups is 1. The third-order valence-electron chi connectivity index (χ3n) is 3.12. The Morgan fingerprint density at radius 2 is 2.10 bits per heavy atom. The van der Waals surface area contributed by atoms with Gasteiger partial charge in [-0.25, -0.2) is 0 Å². The van der Waals surface area contributed by atoms with E-state index < -0.39 is 0 Å². The van der Waals surface area contributed by atoms with Crippen LogP contribution >= 0.6 is 0 Å². The lowest BCUT2D eigenvalue weighted by atomic mass is 10.2. The van der Waals surface area contributed by atoms with Crippen LogP contribution in [-0.2, 0) is 11.3 Å². The zero-order valence-electron chi connectivity index (χ0n) is 12.0. The van der Waals surface area contributed by atoms with Gasteiger partial charge >= 0.3 is 0 Å². The van der Waals surface area contributed by atoms with Gasteiger partial charge in [0.2, 0.25) is 5.91 Å². The number of carbonyl (C=O) groups excluding carboxylic acids is 1. The number of aryl methyl sites for hydroxylation is 2. The molecule has 0 aliphatic heterocycles. The molecule has 0 unspecified atom stereocenters. The number of nitrogens with two attached hydrogens (primary N) is 1. The number of nitrogens with zero attached hydrogens (tertiary/aromatic N) is 1. The van der Waals surface area contributed by atoms with Crippen molar-refractivity contribution >= 4 is 17.3 Å². The van der Waals surface area contributed by atoms with Gasteiger partial charge in [0.15, 0.2) is 0 Å². The van der Waals surface area contributed by atoms with E-state index in [4.69, 9.17) is 5.73 Å². The molecule has 0 bridgehead atoms. The molecule has 0 aliphatic carbocycles. The number of nitrogen functional groups attached to an aromatic ring is 1. The van der Waals surface area contributed by atoms with Crippen molar-refractivity contribution in [2.75, 3.05) is 11.1 Å². The number of pyridine rings is 1. The molecule has 0 radical (unpaired) electrons. The second-order valence-electron chi connectivity index (χ2n) is 5.01. The fourth-order valence-corrected chi connectivity index (χ4v) is 2.04. The van der Waals surface area contributed by atoms with Crippen LogP contribution in [0.15, 0.2) is 47.4 Å². The molecule has 1 amide bonds. The minimum atomic E-state index is -0.0826. The molecular formula is C16H19N3O2. The Morgan fingerprint density at radius 1 is 1.29 bits per heavy atom. The number of hydrogen-bond acceptors (Lipinski definition) is 3. The Kier molecular flexibility index (Phi) is 4.77. The molecule has 1 aromatic carbocycles. The fraction of sp³-hybridized carbons (Fsp3) is 0.250. The third kappa shape index (κ3) is 4.49. The maximum atomic E-state index is 11.8. The lowest BCUT2D eigenvalue weighted by Crippen LogP contribution is -2.20. The Hall–Kier alpha value is -2.56. The lowest BCUT2D eigenvalue weighted by Gasteiger charge is -2.07. The summed E-state index contributed by atoms with van der Waals surface area (Å²) in [6.07, 6.45) is 2.72. The van der Waals surface area contributed by atoms with Crippen LogP contribution in [0.2, 0.25) is 0 Å². The summed E-state index contributed by atoms with van der Waals surface area (Å²) in [5.41, 5.74) is 7.85. The van der Waals surface area contributed by atoms with Gasteiger partial charge in [-0.05, 0) is 43.2 Å². The molecule has 2 aromatic rings. The number of aromatic nitrogens is 1. The first-order valence-electron chi connectivity index (χ1n) is 6.87. The van der Waals surface area contributed by atoms with Gasteiger partial charge < -0.3 is 15.6 Å². The SMILES string of the molecule is Cc1ccn(CCCC(=O)Nc2cccc(N)c2)c(=O)c1. The van der Waals surface area contributed by atoms with Gasteiger partial charge in [-0.1, -0.05) is 6.07 Å². The average Bonchev–Trinajstić information content (AvgIpc) is 2.41. The second kappa shape index (κ2) is 6.74. The summed E-state index contributed by atoms with van der Waals surface area (Å²) < 4.78 is 1.61. The number of nitrogens with one attached hydrogen (secondary N) is 1. The van der Waals surface area contributed by atoms with Gasteiger partial charge in [-0.3, -0.25) is 9.59 Å². The van der Waals surface area contributed by atoms with Crippen LogP contribution in [0.1, 0.15) is 18.4 Å². The molecule has 0 saturated heterocycles. The first-order valence-corrected chi connectivity index (χ1v) is 6.87. The van der Waals surface area contributed by atoms with Crippen molar-refractivity contribution in [2.45, 2.75) is 26.3 Å². The van der Waals surface area contributed by atoms with Crippen LogP contribution in [0.25, 0.3) is 0 Å². The van der Waals surface area contributed by atoms with Crippen LogP contribution in [-0.4, -0.2) is 10.5 Å². The van der Waals surface area contributed by atoms with Gasteiger partial charge in [-0.15, -0.1) is 0 Å². The zero-order chi connectivity index (χ0) is 15.2. The summed E-state index contributed by atoms with van der Waals surface area (Å²) in [5.74, 6) is -0.0826. The van der Waals surface area contributed by atoms with Crippen molar-refractivity contribution in [1.82, 2.24) is 4.57 Å². The van der Waals surface area contributed by atoms with E-state index in [1.54, 1.807) is 41.1 Å². The quantitative estimate of drug-likeness (QED) is 0.826. The molecule has 0 spiro atoms. The highest BCUT2D eigenvalue weighted by molar-refractivity contribution is 5.91. The topological polar surface area (TPSA) is 77.1 Å². The average molecular weight is 285 g/mol. The number of benzene rings is 1. The van der Waals surface area contributed by atoms with E-state index in [1.165, 1.54) is 0 Å². The van der Waals surface area contributed by atoms with E-state index in [9.17, 15) is 9.59 Å². The molecule has 2 rings (SSSR count). The molecule has 0 atom stereocenters. The van der Waals surface area contributed by atoms with E-state index in [0.29, 0.717) is 30.8 Å². The first-order chi connectivity index (χ1) is 10.0. The summed E-state index contributed by atoms with van der Waals surface area (Å²) in [4.78, 5) is 23.5. The Labute approximate surface area is 123 Å². The Balaban J connectivity index is 1.83. The van der Waals surface area contributed by atoms with Gasteiger partial charge in [0, 0.05) is 36.6 Å². The normalized spacial score (nSPS) is 10.3. The summed E-state index contributed by atoms with van der Waals surface area (Å²) in [6.45, 7) is 2.41. The van der Waals surface area contributed by atoms with E-state index in [1.807, 2.05) is 13.0 Å². The minimum Gasteiger partial charge on any atom is -0.399 e. The highest BCUT2D eigenvalue weighted by atomic mass is 16.1. The summed E-state index contributed by atoms with van der Waals surface area (Å²) >= 11 is 0. The van der Waals surface area contributed by atoms with Crippen LogP contribution in [0.5, 0.6) is 0 Å². The molecule has 1 heterocycles. The summed E-state index contributed by atoms with van der Waals surface area (Å²) in [7, 11) is 0. The van der Waals surface area contributed by atoms with Crippen LogP contribution in [0.3, 0.4) is 0 Å². The highest BCUT2D eigenvalue weighted by Gasteiger charge is 2.03. The maximum Gasteiger partial charge on any atom is 0.250 e. The lowest BCUT2D eigenvalue weighted by molar-refractivity contribution is -0.116. The largest absolute Gasteiger partial charge is 0.399 e. The minimum absolute atomic E-state index is 0.0359. The van der Waals surface area contributed by atoms with Crippen LogP contribution in [0, 0.1) is 6.92 Å². The van der Waals surface area contributed by atoms with Crippen molar-refractivity contribution in [3.8, 4) is 0 Å². The number of hydrogen-bond donors (Lipinski definition) is 2. The fourth-order valence-electron chi connectivity index (χ4n) is 2.04. The van der Waals surface area contributed by atoms with Gasteiger partial charge in [0.05, 0.1) is 0 Å². The Bertz CT molecular complexity index is 692. The molecular weight excluding hydrogens is 266 g/mol. The van der Waals surface area contributed by atoms with Crippen molar-refractivity contribution in [3.63, 3.8) is 0 Å². The molecule has 3 N–H and O–H groups in total. The molecule has 0 saturated carbocycles. The molecule has 21 heavy (non-hydrogen) atoms. The third-order valence-corrected chi connectivity index (χ3v) is 3.12.